The van der Waals surface area contributed by atoms with Crippen molar-refractivity contribution in [3.63, 3.8) is 0 Å². The molecule has 0 spiro atoms. The van der Waals surface area contributed by atoms with Crippen LogP contribution in [0.5, 0.6) is 0 Å². The van der Waals surface area contributed by atoms with E-state index in [-0.39, 0.29) is 6.04 Å². The maximum atomic E-state index is 11.0. The van der Waals surface area contributed by atoms with Crippen LogP contribution in [0.4, 0.5) is 4.79 Å². The van der Waals surface area contributed by atoms with Crippen molar-refractivity contribution in [1.29, 1.82) is 0 Å². The minimum atomic E-state index is -0.466. The number of β-amino-alcohol motifs (C(OH)–C–C–N with tert-alkyl or cyclic N) is 1. The summed E-state index contributed by atoms with van der Waals surface area (Å²) in [7, 11) is 1.36. The van der Waals surface area contributed by atoms with Gasteiger partial charge in [-0.05, 0) is 13.3 Å². The molecule has 1 heterocycles. The first kappa shape index (κ1) is 14.2. The minimum Gasteiger partial charge on any atom is -0.453 e. The molecule has 0 aromatic heterocycles. The summed E-state index contributed by atoms with van der Waals surface area (Å²) in [5.41, 5.74) is 0. The van der Waals surface area contributed by atoms with E-state index in [1.165, 1.54) is 7.11 Å². The summed E-state index contributed by atoms with van der Waals surface area (Å²) in [4.78, 5) is 13.1. The fraction of sp³-hybridized carbons (Fsp3) is 0.909. The van der Waals surface area contributed by atoms with E-state index in [0.29, 0.717) is 19.8 Å². The summed E-state index contributed by atoms with van der Waals surface area (Å²) < 4.78 is 9.69. The number of carbonyl (C=O) groups is 1. The molecule has 0 aliphatic carbocycles. The van der Waals surface area contributed by atoms with Crippen LogP contribution in [0.25, 0.3) is 0 Å². The second kappa shape index (κ2) is 7.47. The number of rotatable bonds is 6. The first-order chi connectivity index (χ1) is 8.15. The lowest BCUT2D eigenvalue weighted by atomic mass is 10.3. The quantitative estimate of drug-likeness (QED) is 0.680. The first-order valence-corrected chi connectivity index (χ1v) is 5.98. The normalized spacial score (nSPS) is 22.4. The van der Waals surface area contributed by atoms with Gasteiger partial charge in [-0.1, -0.05) is 0 Å². The Morgan fingerprint density at radius 2 is 2.41 bits per heavy atom. The van der Waals surface area contributed by atoms with Gasteiger partial charge in [0.15, 0.2) is 0 Å². The van der Waals surface area contributed by atoms with E-state index in [1.54, 1.807) is 0 Å². The number of methoxy groups -OCH3 is 1. The van der Waals surface area contributed by atoms with Crippen molar-refractivity contribution in [2.75, 3.05) is 40.0 Å². The van der Waals surface area contributed by atoms with Gasteiger partial charge in [0.25, 0.3) is 0 Å². The lowest BCUT2D eigenvalue weighted by Gasteiger charge is -2.20. The van der Waals surface area contributed by atoms with Gasteiger partial charge in [0, 0.05) is 32.3 Å². The average molecular weight is 246 g/mol. The van der Waals surface area contributed by atoms with Crippen LogP contribution in [0.1, 0.15) is 13.3 Å². The van der Waals surface area contributed by atoms with Crippen molar-refractivity contribution in [1.82, 2.24) is 10.2 Å². The number of aliphatic hydroxyl groups excluding tert-OH is 1. The third kappa shape index (κ3) is 5.34. The summed E-state index contributed by atoms with van der Waals surface area (Å²) in [5, 5.41) is 12.4. The molecule has 6 heteroatoms. The van der Waals surface area contributed by atoms with Gasteiger partial charge in [0.1, 0.15) is 0 Å². The predicted octanol–water partition coefficient (Wildman–Crippen LogP) is -0.186. The van der Waals surface area contributed by atoms with Gasteiger partial charge in [-0.15, -0.1) is 0 Å². The Balaban J connectivity index is 2.18. The summed E-state index contributed by atoms with van der Waals surface area (Å²) in [6.07, 6.45) is 0.0229. The molecule has 0 saturated carbocycles. The number of nitrogens with zero attached hydrogens (tertiary/aromatic N) is 1. The number of likely N-dealkylation sites (tertiary alicyclic amines) is 1. The van der Waals surface area contributed by atoms with E-state index < -0.39 is 12.2 Å². The van der Waals surface area contributed by atoms with E-state index in [1.807, 2.05) is 6.92 Å². The van der Waals surface area contributed by atoms with Crippen molar-refractivity contribution < 1.29 is 19.4 Å². The highest BCUT2D eigenvalue weighted by Gasteiger charge is 2.25. The van der Waals surface area contributed by atoms with Crippen LogP contribution in [-0.2, 0) is 9.47 Å². The van der Waals surface area contributed by atoms with Crippen LogP contribution in [-0.4, -0.2) is 68.2 Å². The Labute approximate surface area is 102 Å². The van der Waals surface area contributed by atoms with Crippen molar-refractivity contribution >= 4 is 6.09 Å². The van der Waals surface area contributed by atoms with Crippen LogP contribution < -0.4 is 5.32 Å². The number of hydrogen-bond acceptors (Lipinski definition) is 5. The average Bonchev–Trinajstić information content (AvgIpc) is 2.73. The Morgan fingerprint density at radius 1 is 1.65 bits per heavy atom. The predicted molar refractivity (Wildman–Crippen MR) is 62.9 cm³/mol. The number of aliphatic hydroxyl groups is 1. The Morgan fingerprint density at radius 3 is 3.06 bits per heavy atom. The molecule has 1 rings (SSSR count). The third-order valence-electron chi connectivity index (χ3n) is 2.76. The summed E-state index contributed by atoms with van der Waals surface area (Å²) in [6.45, 7) is 5.08. The van der Waals surface area contributed by atoms with Gasteiger partial charge in [0.2, 0.25) is 0 Å². The van der Waals surface area contributed by atoms with Gasteiger partial charge in [0.05, 0.1) is 19.8 Å². The van der Waals surface area contributed by atoms with Crippen LogP contribution in [0.3, 0.4) is 0 Å². The molecule has 1 aliphatic rings. The van der Waals surface area contributed by atoms with Crippen LogP contribution in [0.15, 0.2) is 0 Å². The summed E-state index contributed by atoms with van der Waals surface area (Å²) in [6, 6.07) is 0.113. The number of ether oxygens (including phenoxy) is 2. The number of nitrogens with one attached hydrogen (secondary N) is 1. The summed E-state index contributed by atoms with van der Waals surface area (Å²) in [5.74, 6) is 0. The molecule has 1 amide bonds. The topological polar surface area (TPSA) is 71.0 Å². The van der Waals surface area contributed by atoms with Crippen LogP contribution in [0, 0.1) is 0 Å². The second-order valence-corrected chi connectivity index (χ2v) is 4.19. The highest BCUT2D eigenvalue weighted by Crippen LogP contribution is 2.09. The highest BCUT2D eigenvalue weighted by molar-refractivity contribution is 5.67. The number of alkyl carbamates (subject to hydrolysis) is 1. The molecule has 2 unspecified atom stereocenters. The first-order valence-electron chi connectivity index (χ1n) is 5.98. The molecule has 0 aromatic carbocycles. The zero-order valence-electron chi connectivity index (χ0n) is 10.5. The van der Waals surface area contributed by atoms with Crippen molar-refractivity contribution in [2.45, 2.75) is 25.5 Å². The number of hydrogen-bond donors (Lipinski definition) is 2. The number of carbonyl (C=O) groups excluding carboxylic acids is 1. The molecular weight excluding hydrogens is 224 g/mol. The van der Waals surface area contributed by atoms with Gasteiger partial charge in [-0.2, -0.15) is 0 Å². The second-order valence-electron chi connectivity index (χ2n) is 4.19. The van der Waals surface area contributed by atoms with E-state index >= 15 is 0 Å². The van der Waals surface area contributed by atoms with E-state index in [4.69, 9.17) is 4.74 Å². The van der Waals surface area contributed by atoms with E-state index in [9.17, 15) is 9.90 Å². The van der Waals surface area contributed by atoms with Crippen molar-refractivity contribution in [2.24, 2.45) is 0 Å². The SMILES string of the molecule is CCOCC(O)CN1CCC(NC(=O)OC)C1. The molecule has 2 atom stereocenters. The highest BCUT2D eigenvalue weighted by atomic mass is 16.5. The van der Waals surface area contributed by atoms with E-state index in [0.717, 1.165) is 19.5 Å². The van der Waals surface area contributed by atoms with Crippen molar-refractivity contribution in [3.8, 4) is 0 Å². The molecule has 0 bridgehead atoms. The zero-order chi connectivity index (χ0) is 12.7. The lowest BCUT2D eigenvalue weighted by molar-refractivity contribution is 0.0249. The Kier molecular flexibility index (Phi) is 6.25. The fourth-order valence-electron chi connectivity index (χ4n) is 1.95. The van der Waals surface area contributed by atoms with Gasteiger partial charge < -0.3 is 19.9 Å². The van der Waals surface area contributed by atoms with Crippen LogP contribution >= 0.6 is 0 Å². The Bertz CT molecular complexity index is 238. The Hall–Kier alpha value is -0.850. The lowest BCUT2D eigenvalue weighted by Crippen LogP contribution is -2.39. The molecule has 1 saturated heterocycles. The molecule has 17 heavy (non-hydrogen) atoms. The molecule has 0 aromatic rings. The molecule has 2 N–H and O–H groups in total. The molecule has 6 nitrogen and oxygen atoms in total. The maximum Gasteiger partial charge on any atom is 0.407 e. The standard InChI is InChI=1S/C11H22N2O4/c1-3-17-8-10(14)7-13-5-4-9(6-13)12-11(15)16-2/h9-10,14H,3-8H2,1-2H3,(H,12,15). The monoisotopic (exact) mass is 246 g/mol. The molecule has 100 valence electrons. The van der Waals surface area contributed by atoms with Gasteiger partial charge >= 0.3 is 6.09 Å². The zero-order valence-corrected chi connectivity index (χ0v) is 10.5. The largest absolute Gasteiger partial charge is 0.453 e. The number of amides is 1. The molecule has 0 radical (unpaired) electrons. The summed E-state index contributed by atoms with van der Waals surface area (Å²) >= 11 is 0. The van der Waals surface area contributed by atoms with Gasteiger partial charge in [-0.3, -0.25) is 4.90 Å². The maximum absolute atomic E-state index is 11.0. The molecule has 1 fully saturated rings. The fourth-order valence-corrected chi connectivity index (χ4v) is 1.95. The van der Waals surface area contributed by atoms with Crippen molar-refractivity contribution in [3.05, 3.63) is 0 Å². The van der Waals surface area contributed by atoms with Gasteiger partial charge in [-0.25, -0.2) is 4.79 Å². The van der Waals surface area contributed by atoms with E-state index in [2.05, 4.69) is 15.0 Å². The minimum absolute atomic E-state index is 0.113. The molecule has 1 aliphatic heterocycles. The molecular formula is C11H22N2O4. The third-order valence-corrected chi connectivity index (χ3v) is 2.76. The van der Waals surface area contributed by atoms with Crippen LogP contribution in [0.2, 0.25) is 0 Å². The smallest absolute Gasteiger partial charge is 0.407 e.